The molecule has 3 rings (SSSR count). The van der Waals surface area contributed by atoms with Gasteiger partial charge < -0.3 is 9.84 Å². The molecule has 1 aliphatic rings. The van der Waals surface area contributed by atoms with E-state index in [1.807, 2.05) is 0 Å². The summed E-state index contributed by atoms with van der Waals surface area (Å²) < 4.78 is 17.9. The van der Waals surface area contributed by atoms with E-state index in [1.165, 1.54) is 12.1 Å². The number of hydrogen-bond acceptors (Lipinski definition) is 6. The van der Waals surface area contributed by atoms with Gasteiger partial charge in [-0.3, -0.25) is 10.1 Å². The lowest BCUT2D eigenvalue weighted by Crippen LogP contribution is -2.47. The number of carbonyl (C=O) groups excluding carboxylic acids is 1. The number of amides is 1. The predicted octanol–water partition coefficient (Wildman–Crippen LogP) is 0.0312. The van der Waals surface area contributed by atoms with E-state index in [1.54, 1.807) is 0 Å². The summed E-state index contributed by atoms with van der Waals surface area (Å²) in [6.07, 6.45) is 1.09. The molecule has 1 fully saturated rings. The van der Waals surface area contributed by atoms with E-state index in [-0.39, 0.29) is 24.3 Å². The SMILES string of the molecule is O=C1CNC(c2nc(-c3ccc(F)cn3)no2)CN1. The first-order chi connectivity index (χ1) is 9.22. The highest BCUT2D eigenvalue weighted by molar-refractivity contribution is 5.78. The van der Waals surface area contributed by atoms with Crippen LogP contribution in [0.5, 0.6) is 0 Å². The molecule has 2 aromatic rings. The van der Waals surface area contributed by atoms with Crippen LogP contribution in [-0.2, 0) is 4.79 Å². The molecule has 0 aliphatic carbocycles. The summed E-state index contributed by atoms with van der Waals surface area (Å²) in [6.45, 7) is 0.592. The maximum absolute atomic E-state index is 12.8. The quantitative estimate of drug-likeness (QED) is 0.794. The highest BCUT2D eigenvalue weighted by Crippen LogP contribution is 2.17. The van der Waals surface area contributed by atoms with E-state index in [9.17, 15) is 9.18 Å². The largest absolute Gasteiger partial charge is 0.353 e. The Labute approximate surface area is 107 Å². The van der Waals surface area contributed by atoms with Crippen molar-refractivity contribution in [2.45, 2.75) is 6.04 Å². The summed E-state index contributed by atoms with van der Waals surface area (Å²) in [4.78, 5) is 19.1. The minimum Gasteiger partial charge on any atom is -0.353 e. The fraction of sp³-hybridized carbons (Fsp3) is 0.273. The van der Waals surface area contributed by atoms with Crippen molar-refractivity contribution in [1.82, 2.24) is 25.8 Å². The van der Waals surface area contributed by atoms with Crippen molar-refractivity contribution in [2.75, 3.05) is 13.1 Å². The summed E-state index contributed by atoms with van der Waals surface area (Å²) in [5, 5.41) is 9.45. The molecule has 1 amide bonds. The summed E-state index contributed by atoms with van der Waals surface area (Å²) in [7, 11) is 0. The second-order valence-electron chi connectivity index (χ2n) is 4.06. The average Bonchev–Trinajstić information content (AvgIpc) is 2.90. The zero-order valence-corrected chi connectivity index (χ0v) is 9.76. The lowest BCUT2D eigenvalue weighted by Gasteiger charge is -2.20. The van der Waals surface area contributed by atoms with Crippen molar-refractivity contribution in [3.63, 3.8) is 0 Å². The van der Waals surface area contributed by atoms with Crippen LogP contribution < -0.4 is 10.6 Å². The molecule has 2 N–H and O–H groups in total. The monoisotopic (exact) mass is 263 g/mol. The number of nitrogens with one attached hydrogen (secondary N) is 2. The number of piperazine rings is 1. The van der Waals surface area contributed by atoms with Gasteiger partial charge in [-0.1, -0.05) is 5.16 Å². The third-order valence-electron chi connectivity index (χ3n) is 2.71. The minimum atomic E-state index is -0.427. The number of halogens is 1. The zero-order chi connectivity index (χ0) is 13.2. The predicted molar refractivity (Wildman–Crippen MR) is 61.2 cm³/mol. The van der Waals surface area contributed by atoms with Crippen LogP contribution in [0.15, 0.2) is 22.9 Å². The van der Waals surface area contributed by atoms with Gasteiger partial charge in [-0.15, -0.1) is 0 Å². The number of aromatic nitrogens is 3. The number of hydrogen-bond donors (Lipinski definition) is 2. The van der Waals surface area contributed by atoms with Crippen molar-refractivity contribution in [2.24, 2.45) is 0 Å². The molecule has 19 heavy (non-hydrogen) atoms. The molecule has 1 saturated heterocycles. The van der Waals surface area contributed by atoms with Crippen molar-refractivity contribution < 1.29 is 13.7 Å². The normalized spacial score (nSPS) is 19.2. The van der Waals surface area contributed by atoms with Crippen LogP contribution in [0.4, 0.5) is 4.39 Å². The molecule has 7 nitrogen and oxygen atoms in total. The van der Waals surface area contributed by atoms with E-state index in [0.29, 0.717) is 18.1 Å². The van der Waals surface area contributed by atoms with Crippen molar-refractivity contribution in [3.8, 4) is 11.5 Å². The molecule has 0 spiro atoms. The highest BCUT2D eigenvalue weighted by atomic mass is 19.1. The van der Waals surface area contributed by atoms with Gasteiger partial charge in [-0.2, -0.15) is 4.98 Å². The van der Waals surface area contributed by atoms with E-state index < -0.39 is 5.82 Å². The lowest BCUT2D eigenvalue weighted by atomic mass is 10.2. The summed E-state index contributed by atoms with van der Waals surface area (Å²) in [5.41, 5.74) is 0.427. The summed E-state index contributed by atoms with van der Waals surface area (Å²) in [6, 6.07) is 2.52. The Hall–Kier alpha value is -2.35. The molecule has 2 aromatic heterocycles. The molecular weight excluding hydrogens is 253 g/mol. The van der Waals surface area contributed by atoms with E-state index in [4.69, 9.17) is 4.52 Å². The molecule has 1 atom stereocenters. The van der Waals surface area contributed by atoms with Gasteiger partial charge in [0.25, 0.3) is 0 Å². The fourth-order valence-corrected chi connectivity index (χ4v) is 1.73. The van der Waals surface area contributed by atoms with Gasteiger partial charge in [0, 0.05) is 6.54 Å². The molecule has 0 bridgehead atoms. The van der Waals surface area contributed by atoms with Crippen LogP contribution >= 0.6 is 0 Å². The molecule has 0 saturated carbocycles. The van der Waals surface area contributed by atoms with Crippen molar-refractivity contribution >= 4 is 5.91 Å². The first-order valence-electron chi connectivity index (χ1n) is 5.68. The topological polar surface area (TPSA) is 92.9 Å². The minimum absolute atomic E-state index is 0.0730. The smallest absolute Gasteiger partial charge is 0.245 e. The first kappa shape index (κ1) is 11.7. The Morgan fingerprint density at radius 1 is 1.42 bits per heavy atom. The molecular formula is C11H10FN5O2. The molecule has 0 radical (unpaired) electrons. The van der Waals surface area contributed by atoms with Gasteiger partial charge in [0.15, 0.2) is 0 Å². The molecule has 1 aliphatic heterocycles. The number of nitrogens with zero attached hydrogens (tertiary/aromatic N) is 3. The van der Waals surface area contributed by atoms with Gasteiger partial charge in [-0.05, 0) is 12.1 Å². The van der Waals surface area contributed by atoms with Crippen LogP contribution in [0.2, 0.25) is 0 Å². The Morgan fingerprint density at radius 2 is 2.32 bits per heavy atom. The van der Waals surface area contributed by atoms with Crippen LogP contribution in [0, 0.1) is 5.82 Å². The Balaban J connectivity index is 1.79. The Kier molecular flexibility index (Phi) is 2.92. The van der Waals surface area contributed by atoms with Crippen LogP contribution in [-0.4, -0.2) is 34.1 Å². The first-order valence-corrected chi connectivity index (χ1v) is 5.68. The fourth-order valence-electron chi connectivity index (χ4n) is 1.73. The highest BCUT2D eigenvalue weighted by Gasteiger charge is 2.24. The molecule has 0 aromatic carbocycles. The standard InChI is InChI=1S/C11H10FN5O2/c12-6-1-2-7(13-3-6)10-16-11(19-17-10)8-4-15-9(18)5-14-8/h1-3,8,14H,4-5H2,(H,15,18). The maximum Gasteiger partial charge on any atom is 0.245 e. The Bertz CT molecular complexity index is 587. The van der Waals surface area contributed by atoms with Crippen molar-refractivity contribution in [3.05, 3.63) is 30.0 Å². The van der Waals surface area contributed by atoms with Gasteiger partial charge in [0.05, 0.1) is 12.7 Å². The molecule has 98 valence electrons. The van der Waals surface area contributed by atoms with Gasteiger partial charge in [0.2, 0.25) is 17.6 Å². The maximum atomic E-state index is 12.8. The molecule has 3 heterocycles. The van der Waals surface area contributed by atoms with Gasteiger partial charge in [0.1, 0.15) is 17.6 Å². The third kappa shape index (κ3) is 2.43. The summed E-state index contributed by atoms with van der Waals surface area (Å²) >= 11 is 0. The van der Waals surface area contributed by atoms with Crippen LogP contribution in [0.25, 0.3) is 11.5 Å². The van der Waals surface area contributed by atoms with E-state index >= 15 is 0 Å². The van der Waals surface area contributed by atoms with Crippen LogP contribution in [0.1, 0.15) is 11.9 Å². The molecule has 1 unspecified atom stereocenters. The van der Waals surface area contributed by atoms with E-state index in [0.717, 1.165) is 6.20 Å². The zero-order valence-electron chi connectivity index (χ0n) is 9.76. The number of carbonyl (C=O) groups is 1. The Morgan fingerprint density at radius 3 is 3.00 bits per heavy atom. The van der Waals surface area contributed by atoms with E-state index in [2.05, 4.69) is 25.8 Å². The average molecular weight is 263 g/mol. The summed E-state index contributed by atoms with van der Waals surface area (Å²) in [5.74, 6) is 0.148. The molecule has 8 heteroatoms. The van der Waals surface area contributed by atoms with Crippen LogP contribution in [0.3, 0.4) is 0 Å². The second-order valence-corrected chi connectivity index (χ2v) is 4.06. The number of pyridine rings is 1. The number of rotatable bonds is 2. The van der Waals surface area contributed by atoms with Gasteiger partial charge in [-0.25, -0.2) is 9.37 Å². The van der Waals surface area contributed by atoms with Gasteiger partial charge >= 0.3 is 0 Å². The lowest BCUT2D eigenvalue weighted by molar-refractivity contribution is -0.121. The second kappa shape index (κ2) is 4.73. The van der Waals surface area contributed by atoms with Crippen molar-refractivity contribution in [1.29, 1.82) is 0 Å². The third-order valence-corrected chi connectivity index (χ3v) is 2.71.